The first-order valence-electron chi connectivity index (χ1n) is 5.44. The van der Waals surface area contributed by atoms with Crippen LogP contribution in [0.5, 0.6) is 0 Å². The summed E-state index contributed by atoms with van der Waals surface area (Å²) in [5, 5.41) is 0. The highest BCUT2D eigenvalue weighted by Gasteiger charge is 2.30. The Labute approximate surface area is 85.1 Å². The second-order valence-electron chi connectivity index (χ2n) is 4.09. The predicted molar refractivity (Wildman–Crippen MR) is 57.5 cm³/mol. The average Bonchev–Trinajstić information content (AvgIpc) is 3.02. The van der Waals surface area contributed by atoms with Gasteiger partial charge >= 0.3 is 0 Å². The second kappa shape index (κ2) is 3.95. The van der Waals surface area contributed by atoms with Gasteiger partial charge in [0.15, 0.2) is 5.78 Å². The van der Waals surface area contributed by atoms with E-state index < -0.39 is 0 Å². The van der Waals surface area contributed by atoms with Gasteiger partial charge in [0.25, 0.3) is 0 Å². The standard InChI is InChI=1S/C13H16O/c1-2-3-10-4-6-11(7-5-10)13(14)12-8-9-12/h4-7,12H,2-3,8-9H2,1H3. The van der Waals surface area contributed by atoms with Gasteiger partial charge in [-0.3, -0.25) is 4.79 Å². The minimum atomic E-state index is 0.340. The fourth-order valence-corrected chi connectivity index (χ4v) is 1.71. The summed E-state index contributed by atoms with van der Waals surface area (Å²) >= 11 is 0. The lowest BCUT2D eigenvalue weighted by Gasteiger charge is -2.01. The molecule has 0 unspecified atom stereocenters. The van der Waals surface area contributed by atoms with Gasteiger partial charge in [-0.05, 0) is 24.8 Å². The van der Waals surface area contributed by atoms with E-state index in [2.05, 4.69) is 19.1 Å². The Morgan fingerprint density at radius 2 is 1.93 bits per heavy atom. The molecular formula is C13H16O. The molecule has 1 aromatic rings. The van der Waals surface area contributed by atoms with E-state index in [0.717, 1.165) is 31.2 Å². The molecule has 1 aromatic carbocycles. The van der Waals surface area contributed by atoms with Crippen LogP contribution in [0, 0.1) is 5.92 Å². The Morgan fingerprint density at radius 3 is 2.43 bits per heavy atom. The molecule has 0 N–H and O–H groups in total. The highest BCUT2D eigenvalue weighted by molar-refractivity contribution is 5.99. The topological polar surface area (TPSA) is 17.1 Å². The molecule has 1 aliphatic carbocycles. The molecule has 14 heavy (non-hydrogen) atoms. The van der Waals surface area contributed by atoms with Crippen molar-refractivity contribution in [3.05, 3.63) is 35.4 Å². The second-order valence-corrected chi connectivity index (χ2v) is 4.09. The van der Waals surface area contributed by atoms with Crippen molar-refractivity contribution in [2.75, 3.05) is 0 Å². The lowest BCUT2D eigenvalue weighted by atomic mass is 10.0. The lowest BCUT2D eigenvalue weighted by molar-refractivity contribution is 0.0967. The Balaban J connectivity index is 2.08. The maximum absolute atomic E-state index is 11.7. The normalized spacial score (nSPS) is 15.5. The van der Waals surface area contributed by atoms with Crippen molar-refractivity contribution in [3.8, 4) is 0 Å². The van der Waals surface area contributed by atoms with Crippen molar-refractivity contribution < 1.29 is 4.79 Å². The molecule has 2 rings (SSSR count). The van der Waals surface area contributed by atoms with E-state index in [1.807, 2.05) is 12.1 Å². The Morgan fingerprint density at radius 1 is 1.29 bits per heavy atom. The number of aryl methyl sites for hydroxylation is 1. The van der Waals surface area contributed by atoms with E-state index in [-0.39, 0.29) is 0 Å². The van der Waals surface area contributed by atoms with Crippen molar-refractivity contribution in [1.29, 1.82) is 0 Å². The highest BCUT2D eigenvalue weighted by Crippen LogP contribution is 2.32. The van der Waals surface area contributed by atoms with E-state index >= 15 is 0 Å². The van der Waals surface area contributed by atoms with Gasteiger partial charge in [0.2, 0.25) is 0 Å². The van der Waals surface area contributed by atoms with Crippen molar-refractivity contribution in [3.63, 3.8) is 0 Å². The van der Waals surface area contributed by atoms with Gasteiger partial charge in [0.05, 0.1) is 0 Å². The van der Waals surface area contributed by atoms with Crippen LogP contribution < -0.4 is 0 Å². The summed E-state index contributed by atoms with van der Waals surface area (Å²) in [6.07, 6.45) is 4.46. The van der Waals surface area contributed by atoms with Crippen molar-refractivity contribution in [2.24, 2.45) is 5.92 Å². The molecule has 0 radical (unpaired) electrons. The molecule has 0 spiro atoms. The highest BCUT2D eigenvalue weighted by atomic mass is 16.1. The number of hydrogen-bond donors (Lipinski definition) is 0. The van der Waals surface area contributed by atoms with Gasteiger partial charge in [0, 0.05) is 11.5 Å². The van der Waals surface area contributed by atoms with Crippen molar-refractivity contribution in [2.45, 2.75) is 32.6 Å². The summed E-state index contributed by atoms with van der Waals surface area (Å²) in [5.41, 5.74) is 2.23. The monoisotopic (exact) mass is 188 g/mol. The van der Waals surface area contributed by atoms with Crippen LogP contribution in [0.4, 0.5) is 0 Å². The molecule has 0 atom stereocenters. The Kier molecular flexibility index (Phi) is 2.67. The van der Waals surface area contributed by atoms with Gasteiger partial charge in [-0.15, -0.1) is 0 Å². The Hall–Kier alpha value is -1.11. The van der Waals surface area contributed by atoms with E-state index in [1.165, 1.54) is 5.56 Å². The summed E-state index contributed by atoms with van der Waals surface area (Å²) in [6.45, 7) is 2.17. The Bertz CT molecular complexity index is 320. The number of Topliss-reactive ketones (excluding diaryl/α,β-unsaturated/α-hetero) is 1. The molecule has 1 nitrogen and oxygen atoms in total. The maximum atomic E-state index is 11.7. The van der Waals surface area contributed by atoms with E-state index in [9.17, 15) is 4.79 Å². The molecule has 1 saturated carbocycles. The number of benzene rings is 1. The van der Waals surface area contributed by atoms with Crippen molar-refractivity contribution >= 4 is 5.78 Å². The van der Waals surface area contributed by atoms with Crippen LogP contribution in [0.2, 0.25) is 0 Å². The molecular weight excluding hydrogens is 172 g/mol. The third-order valence-electron chi connectivity index (χ3n) is 2.73. The molecule has 0 heterocycles. The zero-order valence-electron chi connectivity index (χ0n) is 8.62. The molecule has 0 aromatic heterocycles. The summed E-state index contributed by atoms with van der Waals surface area (Å²) in [7, 11) is 0. The summed E-state index contributed by atoms with van der Waals surface area (Å²) in [4.78, 5) is 11.7. The smallest absolute Gasteiger partial charge is 0.165 e. The first-order valence-corrected chi connectivity index (χ1v) is 5.44. The zero-order chi connectivity index (χ0) is 9.97. The fourth-order valence-electron chi connectivity index (χ4n) is 1.71. The van der Waals surface area contributed by atoms with Crippen LogP contribution in [-0.2, 0) is 6.42 Å². The van der Waals surface area contributed by atoms with Crippen LogP contribution >= 0.6 is 0 Å². The number of hydrogen-bond acceptors (Lipinski definition) is 1. The third kappa shape index (κ3) is 2.03. The predicted octanol–water partition coefficient (Wildman–Crippen LogP) is 3.23. The van der Waals surface area contributed by atoms with Crippen LogP contribution in [0.1, 0.15) is 42.1 Å². The summed E-state index contributed by atoms with van der Waals surface area (Å²) in [6, 6.07) is 8.12. The van der Waals surface area contributed by atoms with Gasteiger partial charge in [0.1, 0.15) is 0 Å². The largest absolute Gasteiger partial charge is 0.294 e. The fraction of sp³-hybridized carbons (Fsp3) is 0.462. The molecule has 0 aliphatic heterocycles. The van der Waals surface area contributed by atoms with Crippen LogP contribution in [-0.4, -0.2) is 5.78 Å². The van der Waals surface area contributed by atoms with E-state index in [4.69, 9.17) is 0 Å². The van der Waals surface area contributed by atoms with Gasteiger partial charge in [-0.25, -0.2) is 0 Å². The van der Waals surface area contributed by atoms with E-state index in [0.29, 0.717) is 11.7 Å². The van der Waals surface area contributed by atoms with Gasteiger partial charge < -0.3 is 0 Å². The lowest BCUT2D eigenvalue weighted by Crippen LogP contribution is -2.00. The number of carbonyl (C=O) groups is 1. The minimum absolute atomic E-state index is 0.340. The average molecular weight is 188 g/mol. The number of ketones is 1. The van der Waals surface area contributed by atoms with E-state index in [1.54, 1.807) is 0 Å². The molecule has 0 bridgehead atoms. The van der Waals surface area contributed by atoms with Crippen LogP contribution in [0.3, 0.4) is 0 Å². The summed E-state index contributed by atoms with van der Waals surface area (Å²) in [5.74, 6) is 0.681. The third-order valence-corrected chi connectivity index (χ3v) is 2.73. The van der Waals surface area contributed by atoms with Gasteiger partial charge in [-0.2, -0.15) is 0 Å². The quantitative estimate of drug-likeness (QED) is 0.663. The number of rotatable bonds is 4. The van der Waals surface area contributed by atoms with Crippen LogP contribution in [0.25, 0.3) is 0 Å². The SMILES string of the molecule is CCCc1ccc(C(=O)C2CC2)cc1. The molecule has 1 fully saturated rings. The minimum Gasteiger partial charge on any atom is -0.294 e. The zero-order valence-corrected chi connectivity index (χ0v) is 8.62. The first-order chi connectivity index (χ1) is 6.81. The molecule has 74 valence electrons. The maximum Gasteiger partial charge on any atom is 0.165 e. The van der Waals surface area contributed by atoms with Gasteiger partial charge in [-0.1, -0.05) is 37.6 Å². The van der Waals surface area contributed by atoms with Crippen molar-refractivity contribution in [1.82, 2.24) is 0 Å². The first kappa shape index (κ1) is 9.45. The molecule has 0 amide bonds. The molecule has 1 aliphatic rings. The molecule has 0 saturated heterocycles. The number of carbonyl (C=O) groups excluding carboxylic acids is 1. The summed E-state index contributed by atoms with van der Waals surface area (Å²) < 4.78 is 0. The van der Waals surface area contributed by atoms with Crippen LogP contribution in [0.15, 0.2) is 24.3 Å². The molecule has 1 heteroatoms.